The van der Waals surface area contributed by atoms with Crippen molar-refractivity contribution in [1.29, 1.82) is 0 Å². The fraction of sp³-hybridized carbons (Fsp3) is 0.222. The van der Waals surface area contributed by atoms with Gasteiger partial charge in [-0.15, -0.1) is 0 Å². The number of nitro benzene ring substituents is 1. The maximum Gasteiger partial charge on any atom is 0.269 e. The number of non-ortho nitro benzene ring substituents is 1. The van der Waals surface area contributed by atoms with Gasteiger partial charge in [0.25, 0.3) is 11.6 Å². The Bertz CT molecular complexity index is 815. The first-order valence-electron chi connectivity index (χ1n) is 7.96. The molecule has 25 heavy (non-hydrogen) atoms. The molecule has 0 bridgehead atoms. The summed E-state index contributed by atoms with van der Waals surface area (Å²) in [6, 6.07) is 12.4. The number of anilines is 2. The molecule has 1 unspecified atom stereocenters. The zero-order valence-electron chi connectivity index (χ0n) is 13.6. The van der Waals surface area contributed by atoms with Crippen molar-refractivity contribution in [3.8, 4) is 0 Å². The highest BCUT2D eigenvalue weighted by Gasteiger charge is 2.39. The molecule has 1 saturated heterocycles. The maximum atomic E-state index is 12.6. The second-order valence-electron chi connectivity index (χ2n) is 5.79. The molecule has 2 aromatic carbocycles. The maximum absolute atomic E-state index is 12.6. The molecule has 2 amide bonds. The van der Waals surface area contributed by atoms with Gasteiger partial charge in [0.1, 0.15) is 6.04 Å². The SMILES string of the molecule is CCc1ccc(N2C(=O)CC(Nc3ccc([N+](=O)[O-])cc3)C2=O)cc1. The summed E-state index contributed by atoms with van der Waals surface area (Å²) < 4.78 is 0. The van der Waals surface area contributed by atoms with E-state index in [1.807, 2.05) is 19.1 Å². The fourth-order valence-corrected chi connectivity index (χ4v) is 2.78. The Morgan fingerprint density at radius 3 is 2.32 bits per heavy atom. The zero-order valence-corrected chi connectivity index (χ0v) is 13.6. The van der Waals surface area contributed by atoms with Gasteiger partial charge in [0.05, 0.1) is 17.0 Å². The van der Waals surface area contributed by atoms with Crippen LogP contribution in [0.3, 0.4) is 0 Å². The van der Waals surface area contributed by atoms with Crippen LogP contribution < -0.4 is 10.2 Å². The zero-order chi connectivity index (χ0) is 18.0. The summed E-state index contributed by atoms with van der Waals surface area (Å²) in [5, 5.41) is 13.7. The van der Waals surface area contributed by atoms with Crippen molar-refractivity contribution >= 4 is 28.9 Å². The molecule has 0 spiro atoms. The number of carbonyl (C=O) groups excluding carboxylic acids is 2. The summed E-state index contributed by atoms with van der Waals surface area (Å²) in [5.41, 5.74) is 2.21. The number of hydrogen-bond donors (Lipinski definition) is 1. The van der Waals surface area contributed by atoms with Crippen LogP contribution in [0, 0.1) is 10.1 Å². The van der Waals surface area contributed by atoms with Crippen LogP contribution in [0.15, 0.2) is 48.5 Å². The van der Waals surface area contributed by atoms with Gasteiger partial charge < -0.3 is 5.32 Å². The van der Waals surface area contributed by atoms with Crippen LogP contribution in [0.25, 0.3) is 0 Å². The minimum absolute atomic E-state index is 0.0305. The first kappa shape index (κ1) is 16.6. The van der Waals surface area contributed by atoms with Gasteiger partial charge in [0.15, 0.2) is 0 Å². The highest BCUT2D eigenvalue weighted by Crippen LogP contribution is 2.26. The summed E-state index contributed by atoms with van der Waals surface area (Å²) in [6.45, 7) is 2.03. The van der Waals surface area contributed by atoms with E-state index in [2.05, 4.69) is 5.32 Å². The fourth-order valence-electron chi connectivity index (χ4n) is 2.78. The lowest BCUT2D eigenvalue weighted by molar-refractivity contribution is -0.384. The lowest BCUT2D eigenvalue weighted by atomic mass is 10.1. The van der Waals surface area contributed by atoms with Gasteiger partial charge in [-0.05, 0) is 36.2 Å². The van der Waals surface area contributed by atoms with Crippen LogP contribution in [0.1, 0.15) is 18.9 Å². The third-order valence-corrected chi connectivity index (χ3v) is 4.17. The molecule has 0 aliphatic carbocycles. The molecular weight excluding hydrogens is 322 g/mol. The number of aryl methyl sites for hydroxylation is 1. The number of hydrogen-bond acceptors (Lipinski definition) is 5. The first-order chi connectivity index (χ1) is 12.0. The van der Waals surface area contributed by atoms with Crippen LogP contribution in [0.4, 0.5) is 17.1 Å². The molecule has 7 nitrogen and oxygen atoms in total. The molecule has 2 aromatic rings. The van der Waals surface area contributed by atoms with Gasteiger partial charge in [-0.2, -0.15) is 0 Å². The summed E-state index contributed by atoms with van der Waals surface area (Å²) in [5.74, 6) is -0.596. The number of nitro groups is 1. The molecule has 1 N–H and O–H groups in total. The van der Waals surface area contributed by atoms with E-state index in [1.165, 1.54) is 29.2 Å². The van der Waals surface area contributed by atoms with E-state index in [0.717, 1.165) is 12.0 Å². The third kappa shape index (κ3) is 3.35. The number of carbonyl (C=O) groups is 2. The number of nitrogens with zero attached hydrogens (tertiary/aromatic N) is 2. The Hall–Kier alpha value is -3.22. The number of benzene rings is 2. The van der Waals surface area contributed by atoms with Crippen LogP contribution in [0.2, 0.25) is 0 Å². The second-order valence-corrected chi connectivity index (χ2v) is 5.79. The smallest absolute Gasteiger partial charge is 0.269 e. The molecule has 1 fully saturated rings. The molecule has 0 saturated carbocycles. The summed E-state index contributed by atoms with van der Waals surface area (Å²) in [6.07, 6.45) is 0.928. The van der Waals surface area contributed by atoms with E-state index in [0.29, 0.717) is 11.4 Å². The standard InChI is InChI=1S/C18H17N3O4/c1-2-12-3-7-14(8-4-12)20-17(22)11-16(18(20)23)19-13-5-9-15(10-6-13)21(24)25/h3-10,16,19H,2,11H2,1H3. The molecular formula is C18H17N3O4. The first-order valence-corrected chi connectivity index (χ1v) is 7.96. The van der Waals surface area contributed by atoms with Crippen LogP contribution in [0.5, 0.6) is 0 Å². The van der Waals surface area contributed by atoms with Gasteiger partial charge in [-0.3, -0.25) is 19.7 Å². The van der Waals surface area contributed by atoms with E-state index in [-0.39, 0.29) is 23.9 Å². The molecule has 128 valence electrons. The number of rotatable bonds is 5. The third-order valence-electron chi connectivity index (χ3n) is 4.17. The summed E-state index contributed by atoms with van der Waals surface area (Å²) >= 11 is 0. The molecule has 1 heterocycles. The Labute approximate surface area is 144 Å². The minimum atomic E-state index is -0.681. The topological polar surface area (TPSA) is 92.6 Å². The largest absolute Gasteiger partial charge is 0.373 e. The lowest BCUT2D eigenvalue weighted by Gasteiger charge is -2.16. The predicted molar refractivity (Wildman–Crippen MR) is 93.4 cm³/mol. The molecule has 1 atom stereocenters. The van der Waals surface area contributed by atoms with E-state index in [9.17, 15) is 19.7 Å². The molecule has 1 aliphatic heterocycles. The predicted octanol–water partition coefficient (Wildman–Crippen LogP) is 2.90. The van der Waals surface area contributed by atoms with E-state index in [1.54, 1.807) is 12.1 Å². The van der Waals surface area contributed by atoms with Crippen LogP contribution in [-0.2, 0) is 16.0 Å². The number of nitrogens with one attached hydrogen (secondary N) is 1. The summed E-state index contributed by atoms with van der Waals surface area (Å²) in [4.78, 5) is 36.2. The van der Waals surface area contributed by atoms with Crippen molar-refractivity contribution in [3.05, 3.63) is 64.2 Å². The lowest BCUT2D eigenvalue weighted by Crippen LogP contribution is -2.34. The van der Waals surface area contributed by atoms with Crippen molar-refractivity contribution in [1.82, 2.24) is 0 Å². The van der Waals surface area contributed by atoms with Gasteiger partial charge in [0, 0.05) is 17.8 Å². The van der Waals surface area contributed by atoms with E-state index < -0.39 is 11.0 Å². The minimum Gasteiger partial charge on any atom is -0.373 e. The van der Waals surface area contributed by atoms with Gasteiger partial charge in [-0.25, -0.2) is 4.90 Å². The molecule has 1 aliphatic rings. The molecule has 7 heteroatoms. The van der Waals surface area contributed by atoms with Crippen molar-refractivity contribution in [3.63, 3.8) is 0 Å². The number of amides is 2. The van der Waals surface area contributed by atoms with Crippen molar-refractivity contribution in [2.75, 3.05) is 10.2 Å². The number of imide groups is 1. The van der Waals surface area contributed by atoms with Crippen LogP contribution in [-0.4, -0.2) is 22.8 Å². The quantitative estimate of drug-likeness (QED) is 0.514. The van der Waals surface area contributed by atoms with Crippen molar-refractivity contribution in [2.45, 2.75) is 25.8 Å². The Balaban J connectivity index is 1.75. The van der Waals surface area contributed by atoms with Gasteiger partial charge in [0.2, 0.25) is 5.91 Å². The highest BCUT2D eigenvalue weighted by molar-refractivity contribution is 6.23. The van der Waals surface area contributed by atoms with Crippen molar-refractivity contribution in [2.24, 2.45) is 0 Å². The van der Waals surface area contributed by atoms with Crippen LogP contribution >= 0.6 is 0 Å². The normalized spacial score (nSPS) is 17.0. The van der Waals surface area contributed by atoms with Gasteiger partial charge in [-0.1, -0.05) is 19.1 Å². The Morgan fingerprint density at radius 2 is 1.76 bits per heavy atom. The molecule has 3 rings (SSSR count). The monoisotopic (exact) mass is 339 g/mol. The second kappa shape index (κ2) is 6.72. The average Bonchev–Trinajstić information content (AvgIpc) is 2.89. The Kier molecular flexibility index (Phi) is 4.47. The van der Waals surface area contributed by atoms with E-state index >= 15 is 0 Å². The van der Waals surface area contributed by atoms with E-state index in [4.69, 9.17) is 0 Å². The highest BCUT2D eigenvalue weighted by atomic mass is 16.6. The average molecular weight is 339 g/mol. The van der Waals surface area contributed by atoms with Gasteiger partial charge >= 0.3 is 0 Å². The summed E-state index contributed by atoms with van der Waals surface area (Å²) in [7, 11) is 0. The molecule has 0 aromatic heterocycles. The molecule has 0 radical (unpaired) electrons. The Morgan fingerprint density at radius 1 is 1.12 bits per heavy atom. The van der Waals surface area contributed by atoms with Crippen molar-refractivity contribution < 1.29 is 14.5 Å².